The van der Waals surface area contributed by atoms with Crippen LogP contribution >= 0.6 is 0 Å². The van der Waals surface area contributed by atoms with Crippen LogP contribution in [0.2, 0.25) is 0 Å². The fraction of sp³-hybridized carbons (Fsp3) is 0.565. The summed E-state index contributed by atoms with van der Waals surface area (Å²) in [6.45, 7) is 2.50. The number of likely N-dealkylation sites (tertiary alicyclic amines) is 1. The van der Waals surface area contributed by atoms with E-state index < -0.39 is 0 Å². The molecule has 3 atom stereocenters. The predicted molar refractivity (Wildman–Crippen MR) is 103 cm³/mol. The zero-order chi connectivity index (χ0) is 17.5. The third-order valence-corrected chi connectivity index (χ3v) is 7.22. The van der Waals surface area contributed by atoms with Crippen molar-refractivity contribution < 1.29 is 9.15 Å². The van der Waals surface area contributed by atoms with Crippen molar-refractivity contribution in [1.82, 2.24) is 4.90 Å². The van der Waals surface area contributed by atoms with Gasteiger partial charge in [-0.2, -0.15) is 0 Å². The lowest BCUT2D eigenvalue weighted by Crippen LogP contribution is -2.43. The number of hydrogen-bond donors (Lipinski definition) is 0. The molecular formula is C23H29NO2. The quantitative estimate of drug-likeness (QED) is 0.745. The molecule has 1 saturated heterocycles. The molecule has 1 aromatic heterocycles. The highest BCUT2D eigenvalue weighted by Gasteiger charge is 2.43. The smallest absolute Gasteiger partial charge is 0.122 e. The summed E-state index contributed by atoms with van der Waals surface area (Å²) in [6, 6.07) is 9.50. The summed E-state index contributed by atoms with van der Waals surface area (Å²) in [5.74, 6) is 3.67. The molecule has 1 aliphatic heterocycles. The molecule has 0 N–H and O–H groups in total. The molecule has 138 valence electrons. The molecule has 0 amide bonds. The van der Waals surface area contributed by atoms with E-state index in [1.165, 1.54) is 62.7 Å². The lowest BCUT2D eigenvalue weighted by Gasteiger charge is -2.40. The Kier molecular flexibility index (Phi) is 4.28. The summed E-state index contributed by atoms with van der Waals surface area (Å²) >= 11 is 0. The number of nitrogens with zero attached hydrogens (tertiary/aromatic N) is 1. The molecule has 0 unspecified atom stereocenters. The monoisotopic (exact) mass is 351 g/mol. The van der Waals surface area contributed by atoms with Gasteiger partial charge in [-0.25, -0.2) is 0 Å². The number of fused-ring (bicyclic) bond motifs is 2. The van der Waals surface area contributed by atoms with E-state index in [2.05, 4.69) is 23.1 Å². The van der Waals surface area contributed by atoms with Gasteiger partial charge in [-0.1, -0.05) is 12.5 Å². The van der Waals surface area contributed by atoms with Gasteiger partial charge in [-0.15, -0.1) is 0 Å². The van der Waals surface area contributed by atoms with Crippen molar-refractivity contribution >= 4 is 0 Å². The summed E-state index contributed by atoms with van der Waals surface area (Å²) in [7, 11) is 1.79. The zero-order valence-corrected chi connectivity index (χ0v) is 15.7. The van der Waals surface area contributed by atoms with Crippen molar-refractivity contribution in [2.75, 3.05) is 20.2 Å². The first-order valence-electron chi connectivity index (χ1n) is 10.3. The molecule has 3 heteroatoms. The lowest BCUT2D eigenvalue weighted by atomic mass is 9.85. The number of furan rings is 1. The van der Waals surface area contributed by atoms with Crippen LogP contribution in [-0.4, -0.2) is 31.1 Å². The maximum atomic E-state index is 5.70. The molecule has 2 saturated carbocycles. The first kappa shape index (κ1) is 16.4. The van der Waals surface area contributed by atoms with Gasteiger partial charge in [0.1, 0.15) is 5.75 Å². The standard InChI is InChI=1S/C23H29NO2/c1-25-23-5-4-18(20-8-11-26-15-20)14-21(23)17-6-9-24(10-7-17)22-13-16-2-3-19(22)12-16/h4-5,8,11,14-17,19,22H,2-3,6-7,9-10,12-13H2,1H3/t16-,19-,22-/m0/s1. The molecule has 2 aliphatic carbocycles. The summed E-state index contributed by atoms with van der Waals surface area (Å²) in [5, 5.41) is 0. The Bertz CT molecular complexity index is 746. The highest BCUT2D eigenvalue weighted by molar-refractivity contribution is 5.65. The zero-order valence-electron chi connectivity index (χ0n) is 15.7. The number of piperidine rings is 1. The Hall–Kier alpha value is -1.74. The van der Waals surface area contributed by atoms with Crippen molar-refractivity contribution in [2.24, 2.45) is 11.8 Å². The number of benzene rings is 1. The minimum Gasteiger partial charge on any atom is -0.496 e. The number of ether oxygens (including phenoxy) is 1. The Balaban J connectivity index is 1.32. The van der Waals surface area contributed by atoms with E-state index in [0.29, 0.717) is 5.92 Å². The molecule has 0 radical (unpaired) electrons. The Labute approximate surface area is 156 Å². The van der Waals surface area contributed by atoms with E-state index in [-0.39, 0.29) is 0 Å². The molecule has 2 bridgehead atoms. The number of rotatable bonds is 4. The van der Waals surface area contributed by atoms with E-state index in [0.717, 1.165) is 29.2 Å². The number of hydrogen-bond acceptors (Lipinski definition) is 3. The minimum atomic E-state index is 0.603. The van der Waals surface area contributed by atoms with Gasteiger partial charge in [0.25, 0.3) is 0 Å². The van der Waals surface area contributed by atoms with Crippen LogP contribution < -0.4 is 4.74 Å². The first-order valence-corrected chi connectivity index (χ1v) is 10.3. The van der Waals surface area contributed by atoms with E-state index in [1.807, 2.05) is 12.3 Å². The predicted octanol–water partition coefficient (Wildman–Crippen LogP) is 5.32. The second-order valence-corrected chi connectivity index (χ2v) is 8.52. The van der Waals surface area contributed by atoms with E-state index in [4.69, 9.17) is 9.15 Å². The van der Waals surface area contributed by atoms with Crippen LogP contribution in [0.1, 0.15) is 50.0 Å². The second-order valence-electron chi connectivity index (χ2n) is 8.52. The highest BCUT2D eigenvalue weighted by Crippen LogP contribution is 2.48. The molecule has 3 nitrogen and oxygen atoms in total. The summed E-state index contributed by atoms with van der Waals surface area (Å²) in [4.78, 5) is 2.81. The fourth-order valence-corrected chi connectivity index (χ4v) is 5.86. The van der Waals surface area contributed by atoms with Crippen LogP contribution in [0.4, 0.5) is 0 Å². The molecule has 26 heavy (non-hydrogen) atoms. The summed E-state index contributed by atoms with van der Waals surface area (Å²) in [5.41, 5.74) is 3.75. The lowest BCUT2D eigenvalue weighted by molar-refractivity contribution is 0.110. The normalized spacial score (nSPS) is 29.3. The fourth-order valence-electron chi connectivity index (χ4n) is 5.86. The third-order valence-electron chi connectivity index (χ3n) is 7.22. The topological polar surface area (TPSA) is 25.6 Å². The van der Waals surface area contributed by atoms with Gasteiger partial charge in [-0.05, 0) is 92.3 Å². The molecule has 5 rings (SSSR count). The van der Waals surface area contributed by atoms with E-state index >= 15 is 0 Å². The Morgan fingerprint density at radius 2 is 1.88 bits per heavy atom. The van der Waals surface area contributed by atoms with E-state index in [1.54, 1.807) is 13.4 Å². The summed E-state index contributed by atoms with van der Waals surface area (Å²) in [6.07, 6.45) is 12.0. The maximum absolute atomic E-state index is 5.70. The molecular weight excluding hydrogens is 322 g/mol. The largest absolute Gasteiger partial charge is 0.496 e. The average Bonchev–Trinajstić information content (AvgIpc) is 3.45. The van der Waals surface area contributed by atoms with Crippen LogP contribution in [0, 0.1) is 11.8 Å². The maximum Gasteiger partial charge on any atom is 0.122 e. The third kappa shape index (κ3) is 2.87. The van der Waals surface area contributed by atoms with Crippen LogP contribution in [0.3, 0.4) is 0 Å². The van der Waals surface area contributed by atoms with Crippen LogP contribution in [-0.2, 0) is 0 Å². The second kappa shape index (κ2) is 6.77. The van der Waals surface area contributed by atoms with Crippen molar-refractivity contribution in [3.05, 3.63) is 42.4 Å². The average molecular weight is 351 g/mol. The van der Waals surface area contributed by atoms with Crippen molar-refractivity contribution in [1.29, 1.82) is 0 Å². The van der Waals surface area contributed by atoms with Gasteiger partial charge < -0.3 is 14.1 Å². The van der Waals surface area contributed by atoms with Gasteiger partial charge in [0, 0.05) is 11.6 Å². The molecule has 2 heterocycles. The van der Waals surface area contributed by atoms with Gasteiger partial charge >= 0.3 is 0 Å². The van der Waals surface area contributed by atoms with E-state index in [9.17, 15) is 0 Å². The Morgan fingerprint density at radius 1 is 1.00 bits per heavy atom. The summed E-state index contributed by atoms with van der Waals surface area (Å²) < 4.78 is 11.0. The van der Waals surface area contributed by atoms with Gasteiger partial charge in [-0.3, -0.25) is 0 Å². The Morgan fingerprint density at radius 3 is 2.54 bits per heavy atom. The van der Waals surface area contributed by atoms with Crippen molar-refractivity contribution in [3.63, 3.8) is 0 Å². The molecule has 3 fully saturated rings. The SMILES string of the molecule is COc1ccc(-c2ccoc2)cc1C1CCN([C@H]2C[C@H]3CC[C@H]2C3)CC1. The molecule has 2 aromatic rings. The minimum absolute atomic E-state index is 0.603. The highest BCUT2D eigenvalue weighted by atomic mass is 16.5. The van der Waals surface area contributed by atoms with Gasteiger partial charge in [0.2, 0.25) is 0 Å². The molecule has 0 spiro atoms. The number of methoxy groups -OCH3 is 1. The van der Waals surface area contributed by atoms with Crippen LogP contribution in [0.25, 0.3) is 11.1 Å². The molecule has 3 aliphatic rings. The van der Waals surface area contributed by atoms with Crippen LogP contribution in [0.5, 0.6) is 5.75 Å². The van der Waals surface area contributed by atoms with Gasteiger partial charge in [0.05, 0.1) is 19.6 Å². The molecule has 1 aromatic carbocycles. The van der Waals surface area contributed by atoms with Crippen molar-refractivity contribution in [3.8, 4) is 16.9 Å². The van der Waals surface area contributed by atoms with Gasteiger partial charge in [0.15, 0.2) is 0 Å². The van der Waals surface area contributed by atoms with Crippen molar-refractivity contribution in [2.45, 2.75) is 50.5 Å². The first-order chi connectivity index (χ1) is 12.8. The van der Waals surface area contributed by atoms with Crippen LogP contribution in [0.15, 0.2) is 41.2 Å².